The molecule has 0 heterocycles. The molecule has 1 atom stereocenters. The van der Waals surface area contributed by atoms with Gasteiger partial charge >= 0.3 is 5.97 Å². The average molecular weight is 213 g/mol. The summed E-state index contributed by atoms with van der Waals surface area (Å²) in [4.78, 5) is 10.3. The Bertz CT molecular complexity index is 368. The number of aliphatic hydroxyl groups excluding tert-OH is 1. The van der Waals surface area contributed by atoms with E-state index >= 15 is 0 Å². The first-order valence-electron chi connectivity index (χ1n) is 4.46. The lowest BCUT2D eigenvalue weighted by molar-refractivity contribution is -0.137. The largest absolute Gasteiger partial charge is 0.481 e. The van der Waals surface area contributed by atoms with Crippen molar-refractivity contribution in [2.45, 2.75) is 18.9 Å². The minimum atomic E-state index is -1.04. The number of halogens is 1. The molecule has 1 unspecified atom stereocenters. The summed E-state index contributed by atoms with van der Waals surface area (Å²) in [6.45, 7) is 0. The molecule has 1 aromatic rings. The van der Waals surface area contributed by atoms with Crippen LogP contribution in [0.2, 0.25) is 0 Å². The van der Waals surface area contributed by atoms with Crippen LogP contribution in [0.1, 0.15) is 24.5 Å². The molecule has 5 heteroatoms. The van der Waals surface area contributed by atoms with Crippen molar-refractivity contribution in [1.82, 2.24) is 0 Å². The van der Waals surface area contributed by atoms with E-state index in [0.717, 1.165) is 0 Å². The predicted molar refractivity (Wildman–Crippen MR) is 52.6 cm³/mol. The maximum atomic E-state index is 13.0. The molecule has 4 N–H and O–H groups in total. The highest BCUT2D eigenvalue weighted by Crippen LogP contribution is 2.25. The van der Waals surface area contributed by atoms with Crippen molar-refractivity contribution >= 4 is 11.7 Å². The molecule has 0 saturated heterocycles. The Morgan fingerprint density at radius 2 is 2.20 bits per heavy atom. The van der Waals surface area contributed by atoms with E-state index in [9.17, 15) is 14.3 Å². The van der Waals surface area contributed by atoms with Gasteiger partial charge in [-0.1, -0.05) is 12.1 Å². The molecule has 0 aromatic heterocycles. The zero-order valence-electron chi connectivity index (χ0n) is 7.98. The van der Waals surface area contributed by atoms with E-state index in [1.54, 1.807) is 0 Å². The molecule has 0 aliphatic rings. The number of nitrogen functional groups attached to an aromatic ring is 1. The number of aliphatic carboxylic acids is 1. The van der Waals surface area contributed by atoms with Gasteiger partial charge in [0.15, 0.2) is 0 Å². The molecule has 0 aliphatic carbocycles. The van der Waals surface area contributed by atoms with Crippen molar-refractivity contribution in [1.29, 1.82) is 0 Å². The molecular formula is C10H12FNO3. The molecule has 82 valence electrons. The van der Waals surface area contributed by atoms with Crippen LogP contribution in [0.4, 0.5) is 10.1 Å². The summed E-state index contributed by atoms with van der Waals surface area (Å²) in [5.74, 6) is -1.62. The zero-order valence-corrected chi connectivity index (χ0v) is 7.98. The second kappa shape index (κ2) is 4.75. The first kappa shape index (κ1) is 11.5. The van der Waals surface area contributed by atoms with Gasteiger partial charge < -0.3 is 15.9 Å². The van der Waals surface area contributed by atoms with Crippen molar-refractivity contribution in [2.75, 3.05) is 5.73 Å². The fourth-order valence-corrected chi connectivity index (χ4v) is 1.26. The molecule has 0 amide bonds. The molecule has 0 saturated carbocycles. The average Bonchev–Trinajstić information content (AvgIpc) is 2.18. The number of carboxylic acids is 1. The minimum Gasteiger partial charge on any atom is -0.481 e. The second-order valence-corrected chi connectivity index (χ2v) is 3.19. The van der Waals surface area contributed by atoms with E-state index in [4.69, 9.17) is 10.8 Å². The topological polar surface area (TPSA) is 83.5 Å². The zero-order chi connectivity index (χ0) is 11.4. The monoisotopic (exact) mass is 213 g/mol. The highest BCUT2D eigenvalue weighted by molar-refractivity contribution is 5.66. The molecule has 0 spiro atoms. The van der Waals surface area contributed by atoms with Gasteiger partial charge in [0, 0.05) is 12.0 Å². The molecule has 0 aliphatic heterocycles. The Hall–Kier alpha value is -1.62. The van der Waals surface area contributed by atoms with E-state index in [1.807, 2.05) is 0 Å². The smallest absolute Gasteiger partial charge is 0.303 e. The van der Waals surface area contributed by atoms with Crippen molar-refractivity contribution < 1.29 is 19.4 Å². The first-order chi connectivity index (χ1) is 7.02. The molecule has 4 nitrogen and oxygen atoms in total. The fourth-order valence-electron chi connectivity index (χ4n) is 1.26. The van der Waals surface area contributed by atoms with Crippen LogP contribution in [0, 0.1) is 5.82 Å². The third-order valence-corrected chi connectivity index (χ3v) is 2.08. The predicted octanol–water partition coefficient (Wildman–Crippen LogP) is 1.31. The number of hydrogen-bond donors (Lipinski definition) is 3. The summed E-state index contributed by atoms with van der Waals surface area (Å²) >= 11 is 0. The number of nitrogens with two attached hydrogens (primary N) is 1. The Morgan fingerprint density at radius 3 is 2.80 bits per heavy atom. The lowest BCUT2D eigenvalue weighted by atomic mass is 10.0. The molecule has 0 bridgehead atoms. The number of carboxylic acid groups (broad SMARTS) is 1. The molecule has 1 rings (SSSR count). The van der Waals surface area contributed by atoms with Gasteiger partial charge in [0.1, 0.15) is 5.82 Å². The number of anilines is 1. The summed E-state index contributed by atoms with van der Waals surface area (Å²) in [6.07, 6.45) is -1.21. The van der Waals surface area contributed by atoms with Crippen molar-refractivity contribution in [3.05, 3.63) is 29.6 Å². The van der Waals surface area contributed by atoms with E-state index in [2.05, 4.69) is 0 Å². The van der Waals surface area contributed by atoms with Gasteiger partial charge in [0.25, 0.3) is 0 Å². The van der Waals surface area contributed by atoms with Gasteiger partial charge in [-0.2, -0.15) is 0 Å². The van der Waals surface area contributed by atoms with Gasteiger partial charge in [0.2, 0.25) is 0 Å². The molecule has 1 aromatic carbocycles. The van der Waals surface area contributed by atoms with Crippen LogP contribution in [-0.4, -0.2) is 16.2 Å². The van der Waals surface area contributed by atoms with Gasteiger partial charge in [-0.3, -0.25) is 4.79 Å². The summed E-state index contributed by atoms with van der Waals surface area (Å²) in [6, 6.07) is 4.08. The summed E-state index contributed by atoms with van der Waals surface area (Å²) in [5, 5.41) is 18.0. The lowest BCUT2D eigenvalue weighted by Crippen LogP contribution is -2.06. The van der Waals surface area contributed by atoms with Gasteiger partial charge in [-0.25, -0.2) is 4.39 Å². The Morgan fingerprint density at radius 1 is 1.53 bits per heavy atom. The van der Waals surface area contributed by atoms with Gasteiger partial charge in [0.05, 0.1) is 11.8 Å². The highest BCUT2D eigenvalue weighted by Gasteiger charge is 2.14. The number of benzene rings is 1. The Labute approximate surface area is 86.1 Å². The number of hydrogen-bond acceptors (Lipinski definition) is 3. The van der Waals surface area contributed by atoms with Crippen LogP contribution < -0.4 is 5.73 Å². The fraction of sp³-hybridized carbons (Fsp3) is 0.300. The Balaban J connectivity index is 2.77. The molecule has 0 radical (unpaired) electrons. The molecule has 0 fully saturated rings. The van der Waals surface area contributed by atoms with Crippen LogP contribution in [0.15, 0.2) is 18.2 Å². The van der Waals surface area contributed by atoms with E-state index in [-0.39, 0.29) is 24.1 Å². The summed E-state index contributed by atoms with van der Waals surface area (Å²) in [7, 11) is 0. The number of aliphatic hydroxyl groups is 1. The first-order valence-corrected chi connectivity index (χ1v) is 4.46. The lowest BCUT2D eigenvalue weighted by Gasteiger charge is -2.12. The Kier molecular flexibility index (Phi) is 3.62. The van der Waals surface area contributed by atoms with Crippen molar-refractivity contribution in [3.8, 4) is 0 Å². The molecular weight excluding hydrogens is 201 g/mol. The highest BCUT2D eigenvalue weighted by atomic mass is 19.1. The molecule has 15 heavy (non-hydrogen) atoms. The standard InChI is InChI=1S/C10H12FNO3/c11-7-3-1-2-6(10(7)12)8(13)4-5-9(14)15/h1-3,8,13H,4-5,12H2,(H,14,15). The van der Waals surface area contributed by atoms with Crippen LogP contribution in [0.25, 0.3) is 0 Å². The number of para-hydroxylation sites is 1. The van der Waals surface area contributed by atoms with Gasteiger partial charge in [-0.05, 0) is 12.5 Å². The SMILES string of the molecule is Nc1c(F)cccc1C(O)CCC(=O)O. The van der Waals surface area contributed by atoms with Crippen LogP contribution in [0.3, 0.4) is 0 Å². The van der Waals surface area contributed by atoms with Gasteiger partial charge in [-0.15, -0.1) is 0 Å². The third-order valence-electron chi connectivity index (χ3n) is 2.08. The number of rotatable bonds is 4. The summed E-state index contributed by atoms with van der Waals surface area (Å²) < 4.78 is 13.0. The van der Waals surface area contributed by atoms with Crippen molar-refractivity contribution in [2.24, 2.45) is 0 Å². The van der Waals surface area contributed by atoms with E-state index in [0.29, 0.717) is 0 Å². The van der Waals surface area contributed by atoms with Crippen LogP contribution in [-0.2, 0) is 4.79 Å². The minimum absolute atomic E-state index is 0.0169. The quantitative estimate of drug-likeness (QED) is 0.658. The van der Waals surface area contributed by atoms with E-state index in [1.165, 1.54) is 18.2 Å². The third kappa shape index (κ3) is 2.92. The maximum Gasteiger partial charge on any atom is 0.303 e. The summed E-state index contributed by atoms with van der Waals surface area (Å²) in [5.41, 5.74) is 5.51. The maximum absolute atomic E-state index is 13.0. The second-order valence-electron chi connectivity index (χ2n) is 3.19. The van der Waals surface area contributed by atoms with Crippen LogP contribution in [0.5, 0.6) is 0 Å². The normalized spacial score (nSPS) is 12.4. The van der Waals surface area contributed by atoms with Crippen LogP contribution >= 0.6 is 0 Å². The van der Waals surface area contributed by atoms with E-state index < -0.39 is 17.9 Å². The van der Waals surface area contributed by atoms with Crippen molar-refractivity contribution in [3.63, 3.8) is 0 Å². The number of carbonyl (C=O) groups is 1.